The largest absolute Gasteiger partial charge is 0.268 e. The Morgan fingerprint density at radius 1 is 0.947 bits per heavy atom. The Kier molecular flexibility index (Phi) is 2.70. The van der Waals surface area contributed by atoms with Crippen LogP contribution in [0.1, 0.15) is 12.5 Å². The van der Waals surface area contributed by atoms with Crippen molar-refractivity contribution in [2.24, 2.45) is 0 Å². The second-order valence-electron chi connectivity index (χ2n) is 4.49. The van der Waals surface area contributed by atoms with Crippen LogP contribution in [0.25, 0.3) is 0 Å². The molecule has 4 nitrogen and oxygen atoms in total. The van der Waals surface area contributed by atoms with Gasteiger partial charge in [-0.05, 0) is 23.5 Å². The Labute approximate surface area is 112 Å². The monoisotopic (exact) mass is 275 g/mol. The first kappa shape index (κ1) is 12.3. The summed E-state index contributed by atoms with van der Waals surface area (Å²) in [5, 5.41) is 0. The normalized spacial score (nSPS) is 26.1. The summed E-state index contributed by atoms with van der Waals surface area (Å²) < 4.78 is 25.8. The van der Waals surface area contributed by atoms with Crippen molar-refractivity contribution in [3.8, 4) is 0 Å². The molecule has 3 rings (SSSR count). The maximum absolute atomic E-state index is 12.4. The average Bonchev–Trinajstić information content (AvgIpc) is 3.16. The van der Waals surface area contributed by atoms with Crippen LogP contribution in [0.5, 0.6) is 0 Å². The maximum Gasteiger partial charge on any atom is 0.268 e. The molecule has 0 aromatic heterocycles. The van der Waals surface area contributed by atoms with Crippen LogP contribution in [-0.2, 0) is 20.6 Å². The van der Waals surface area contributed by atoms with Crippen molar-refractivity contribution in [3.63, 3.8) is 0 Å². The zero-order chi connectivity index (χ0) is 13.5. The van der Waals surface area contributed by atoms with E-state index in [1.807, 2.05) is 30.3 Å². The standard InChI is InChI=1S/C14H13NO3S/c1-14(12-8-4-2-5-9-12)15(18-14)19(16,17)13-10-6-3-7-11-13/h2-11H,1H3/t14?,15-/m1/s1. The van der Waals surface area contributed by atoms with Gasteiger partial charge in [0.15, 0.2) is 0 Å². The van der Waals surface area contributed by atoms with Gasteiger partial charge < -0.3 is 0 Å². The Morgan fingerprint density at radius 2 is 1.47 bits per heavy atom. The van der Waals surface area contributed by atoms with Crippen LogP contribution < -0.4 is 0 Å². The summed E-state index contributed by atoms with van der Waals surface area (Å²) in [4.78, 5) is 5.59. The van der Waals surface area contributed by atoms with Crippen LogP contribution in [-0.4, -0.2) is 12.9 Å². The molecule has 5 heteroatoms. The first-order chi connectivity index (χ1) is 9.05. The van der Waals surface area contributed by atoms with Crippen molar-refractivity contribution in [3.05, 3.63) is 66.2 Å². The number of nitrogens with zero attached hydrogens (tertiary/aromatic N) is 1. The van der Waals surface area contributed by atoms with Gasteiger partial charge in [-0.2, -0.15) is 0 Å². The molecule has 1 unspecified atom stereocenters. The first-order valence-electron chi connectivity index (χ1n) is 5.90. The Hall–Kier alpha value is -1.69. The van der Waals surface area contributed by atoms with E-state index in [1.165, 1.54) is 0 Å². The third-order valence-corrected chi connectivity index (χ3v) is 4.87. The molecule has 1 aliphatic rings. The van der Waals surface area contributed by atoms with E-state index >= 15 is 0 Å². The predicted molar refractivity (Wildman–Crippen MR) is 70.3 cm³/mol. The molecule has 1 heterocycles. The van der Waals surface area contributed by atoms with E-state index in [-0.39, 0.29) is 4.90 Å². The molecule has 0 spiro atoms. The van der Waals surface area contributed by atoms with E-state index in [2.05, 4.69) is 0 Å². The smallest absolute Gasteiger partial charge is 0.250 e. The zero-order valence-corrected chi connectivity index (χ0v) is 11.2. The van der Waals surface area contributed by atoms with Gasteiger partial charge in [0, 0.05) is 5.56 Å². The van der Waals surface area contributed by atoms with E-state index in [9.17, 15) is 8.42 Å². The fraction of sp³-hybridized carbons (Fsp3) is 0.143. The van der Waals surface area contributed by atoms with Crippen molar-refractivity contribution in [1.29, 1.82) is 0 Å². The number of hydroxylamine groups is 1. The van der Waals surface area contributed by atoms with Crippen LogP contribution in [0, 0.1) is 0 Å². The second kappa shape index (κ2) is 4.16. The van der Waals surface area contributed by atoms with Crippen molar-refractivity contribution >= 4 is 10.0 Å². The zero-order valence-electron chi connectivity index (χ0n) is 10.4. The molecule has 0 bridgehead atoms. The van der Waals surface area contributed by atoms with Gasteiger partial charge in [-0.1, -0.05) is 48.5 Å². The number of hydrogen-bond acceptors (Lipinski definition) is 3. The summed E-state index contributed by atoms with van der Waals surface area (Å²) >= 11 is 0. The molecule has 19 heavy (non-hydrogen) atoms. The summed E-state index contributed by atoms with van der Waals surface area (Å²) in [5.41, 5.74) is -0.0925. The molecular weight excluding hydrogens is 262 g/mol. The second-order valence-corrected chi connectivity index (χ2v) is 6.24. The van der Waals surface area contributed by atoms with Crippen LogP contribution >= 0.6 is 0 Å². The Morgan fingerprint density at radius 3 is 2.05 bits per heavy atom. The van der Waals surface area contributed by atoms with Crippen LogP contribution in [0.15, 0.2) is 65.6 Å². The molecule has 1 aliphatic heterocycles. The predicted octanol–water partition coefficient (Wildman–Crippen LogP) is 2.50. The highest BCUT2D eigenvalue weighted by molar-refractivity contribution is 7.89. The lowest BCUT2D eigenvalue weighted by Crippen LogP contribution is -2.19. The minimum atomic E-state index is -3.61. The average molecular weight is 275 g/mol. The summed E-state index contributed by atoms with van der Waals surface area (Å²) in [6.07, 6.45) is 0. The van der Waals surface area contributed by atoms with Crippen molar-refractivity contribution in [2.45, 2.75) is 17.5 Å². The molecule has 2 aromatic carbocycles. The molecule has 1 fully saturated rings. The topological polar surface area (TPSA) is 49.7 Å². The van der Waals surface area contributed by atoms with Crippen molar-refractivity contribution in [1.82, 2.24) is 4.47 Å². The van der Waals surface area contributed by atoms with Crippen LogP contribution in [0.4, 0.5) is 0 Å². The third kappa shape index (κ3) is 1.96. The third-order valence-electron chi connectivity index (χ3n) is 3.15. The van der Waals surface area contributed by atoms with Gasteiger partial charge in [0.25, 0.3) is 10.0 Å². The molecule has 2 atom stereocenters. The van der Waals surface area contributed by atoms with E-state index in [0.29, 0.717) is 0 Å². The van der Waals surface area contributed by atoms with Gasteiger partial charge in [0.05, 0.1) is 4.90 Å². The van der Waals surface area contributed by atoms with Gasteiger partial charge in [-0.25, -0.2) is 8.42 Å². The highest BCUT2D eigenvalue weighted by Crippen LogP contribution is 2.48. The van der Waals surface area contributed by atoms with Crippen molar-refractivity contribution in [2.75, 3.05) is 0 Å². The summed E-state index contributed by atoms with van der Waals surface area (Å²) in [5.74, 6) is 0. The van der Waals surface area contributed by atoms with Crippen molar-refractivity contribution < 1.29 is 13.3 Å². The number of rotatable bonds is 3. The van der Waals surface area contributed by atoms with Gasteiger partial charge in [-0.15, -0.1) is 0 Å². The van der Waals surface area contributed by atoms with Gasteiger partial charge in [0.2, 0.25) is 5.72 Å². The number of benzene rings is 2. The molecule has 1 saturated heterocycles. The fourth-order valence-electron chi connectivity index (χ4n) is 2.01. The number of hydrogen-bond donors (Lipinski definition) is 0. The van der Waals surface area contributed by atoms with Gasteiger partial charge in [-0.3, -0.25) is 4.84 Å². The first-order valence-corrected chi connectivity index (χ1v) is 7.34. The molecule has 98 valence electrons. The molecule has 2 aromatic rings. The van der Waals surface area contributed by atoms with Crippen LogP contribution in [0.3, 0.4) is 0 Å². The summed E-state index contributed by atoms with van der Waals surface area (Å²) in [6.45, 7) is 1.74. The maximum atomic E-state index is 12.4. The molecule has 0 radical (unpaired) electrons. The minimum absolute atomic E-state index is 0.231. The Balaban J connectivity index is 1.95. The molecule has 0 saturated carbocycles. The summed E-state index contributed by atoms with van der Waals surface area (Å²) in [7, 11) is -3.61. The lowest BCUT2D eigenvalue weighted by atomic mass is 10.1. The van der Waals surface area contributed by atoms with Crippen LogP contribution in [0.2, 0.25) is 0 Å². The Bertz CT molecular complexity index is 685. The van der Waals surface area contributed by atoms with E-state index in [1.54, 1.807) is 37.3 Å². The molecule has 0 N–H and O–H groups in total. The van der Waals surface area contributed by atoms with E-state index in [4.69, 9.17) is 4.84 Å². The quantitative estimate of drug-likeness (QED) is 0.809. The SMILES string of the molecule is CC1(c2ccccc2)O[N@]1S(=O)(=O)c1ccccc1. The van der Waals surface area contributed by atoms with E-state index in [0.717, 1.165) is 10.0 Å². The van der Waals surface area contributed by atoms with Gasteiger partial charge >= 0.3 is 0 Å². The molecule has 0 aliphatic carbocycles. The molecule has 0 amide bonds. The lowest BCUT2D eigenvalue weighted by Gasteiger charge is -2.07. The van der Waals surface area contributed by atoms with E-state index < -0.39 is 15.7 Å². The highest BCUT2D eigenvalue weighted by Gasteiger charge is 2.60. The highest BCUT2D eigenvalue weighted by atomic mass is 32.2. The lowest BCUT2D eigenvalue weighted by molar-refractivity contribution is 0.260. The minimum Gasteiger partial charge on any atom is -0.250 e. The number of sulfonamides is 1. The summed E-state index contributed by atoms with van der Waals surface area (Å²) in [6, 6.07) is 17.6. The van der Waals surface area contributed by atoms with Gasteiger partial charge in [0.1, 0.15) is 0 Å². The fourth-order valence-corrected chi connectivity index (χ4v) is 3.51. The molecular formula is C14H13NO3S.